The Kier molecular flexibility index (Phi) is 2.63. The first kappa shape index (κ1) is 8.11. The van der Waals surface area contributed by atoms with Crippen LogP contribution in [0.1, 0.15) is 0 Å². The third-order valence-corrected chi connectivity index (χ3v) is 1.02. The van der Waals surface area contributed by atoms with Gasteiger partial charge in [0, 0.05) is 5.54 Å². The fourth-order valence-electron chi connectivity index (χ4n) is 0.0619. The first-order valence-electron chi connectivity index (χ1n) is 1.51. The first-order chi connectivity index (χ1) is 3.48. The normalized spacial score (nSPS) is 14.4. The maximum absolute atomic E-state index is 11.2. The number of hydrogen-bond acceptors (Lipinski definition) is 0. The van der Waals surface area contributed by atoms with Crippen LogP contribution in [0.3, 0.4) is 0 Å². The minimum absolute atomic E-state index is 0.279. The molecular formula is C3HCl2F3. The summed E-state index contributed by atoms with van der Waals surface area (Å²) in [5.74, 6) is 0. The van der Waals surface area contributed by atoms with Crippen LogP contribution in [-0.2, 0) is 0 Å². The molecule has 0 spiro atoms. The Labute approximate surface area is 53.9 Å². The van der Waals surface area contributed by atoms with Gasteiger partial charge in [-0.05, 0) is 0 Å². The zero-order chi connectivity index (χ0) is 6.78. The summed E-state index contributed by atoms with van der Waals surface area (Å²) in [4.78, 5) is 0. The van der Waals surface area contributed by atoms with Crippen molar-refractivity contribution in [2.75, 3.05) is 0 Å². The minimum Gasteiger partial charge on any atom is -0.165 e. The highest BCUT2D eigenvalue weighted by Gasteiger charge is 2.31. The van der Waals surface area contributed by atoms with E-state index in [0.29, 0.717) is 0 Å². The number of alkyl halides is 3. The lowest BCUT2D eigenvalue weighted by Gasteiger charge is -1.99. The van der Waals surface area contributed by atoms with Crippen LogP contribution < -0.4 is 0 Å². The maximum Gasteiger partial charge on any atom is 0.427 e. The quantitative estimate of drug-likeness (QED) is 0.517. The van der Waals surface area contributed by atoms with Crippen molar-refractivity contribution in [2.24, 2.45) is 0 Å². The molecule has 0 aromatic carbocycles. The predicted octanol–water partition coefficient (Wildman–Crippen LogP) is 2.87. The molecule has 5 heteroatoms. The molecule has 0 radical (unpaired) electrons. The van der Waals surface area contributed by atoms with E-state index in [1.807, 2.05) is 0 Å². The topological polar surface area (TPSA) is 0 Å². The molecule has 0 saturated carbocycles. The Morgan fingerprint density at radius 1 is 1.38 bits per heavy atom. The van der Waals surface area contributed by atoms with E-state index in [1.165, 1.54) is 0 Å². The maximum atomic E-state index is 11.2. The van der Waals surface area contributed by atoms with Crippen LogP contribution in [0, 0.1) is 0 Å². The summed E-state index contributed by atoms with van der Waals surface area (Å²) >= 11 is 9.17. The molecule has 0 nitrogen and oxygen atoms in total. The molecule has 0 aromatic heterocycles. The van der Waals surface area contributed by atoms with Gasteiger partial charge in [-0.15, -0.1) is 0 Å². The van der Waals surface area contributed by atoms with Crippen molar-refractivity contribution >= 4 is 23.2 Å². The van der Waals surface area contributed by atoms with Gasteiger partial charge in [0.25, 0.3) is 0 Å². The SMILES string of the molecule is FC(F)(F)C(Cl)=CCl. The molecule has 48 valence electrons. The molecule has 0 bridgehead atoms. The largest absolute Gasteiger partial charge is 0.427 e. The van der Waals surface area contributed by atoms with Crippen molar-refractivity contribution < 1.29 is 13.2 Å². The fraction of sp³-hybridized carbons (Fsp3) is 0.333. The molecule has 0 aliphatic carbocycles. The van der Waals surface area contributed by atoms with Crippen molar-refractivity contribution in [3.63, 3.8) is 0 Å². The van der Waals surface area contributed by atoms with Gasteiger partial charge in [0.15, 0.2) is 0 Å². The molecular weight excluding hydrogens is 164 g/mol. The molecule has 8 heavy (non-hydrogen) atoms. The summed E-state index contributed by atoms with van der Waals surface area (Å²) in [6.07, 6.45) is -4.50. The van der Waals surface area contributed by atoms with Crippen molar-refractivity contribution in [1.29, 1.82) is 0 Å². The second-order valence-electron chi connectivity index (χ2n) is 0.955. The first-order valence-corrected chi connectivity index (χ1v) is 2.33. The van der Waals surface area contributed by atoms with E-state index in [4.69, 9.17) is 0 Å². The van der Waals surface area contributed by atoms with Gasteiger partial charge in [-0.2, -0.15) is 13.2 Å². The third-order valence-electron chi connectivity index (χ3n) is 0.367. The zero-order valence-electron chi connectivity index (χ0n) is 3.47. The van der Waals surface area contributed by atoms with Gasteiger partial charge in [-0.1, -0.05) is 23.2 Å². The van der Waals surface area contributed by atoms with Gasteiger partial charge >= 0.3 is 6.18 Å². The van der Waals surface area contributed by atoms with Crippen LogP contribution in [-0.4, -0.2) is 6.18 Å². The van der Waals surface area contributed by atoms with Gasteiger partial charge < -0.3 is 0 Å². The average molecular weight is 165 g/mol. The van der Waals surface area contributed by atoms with E-state index in [-0.39, 0.29) is 5.54 Å². The van der Waals surface area contributed by atoms with Crippen molar-refractivity contribution in [2.45, 2.75) is 6.18 Å². The average Bonchev–Trinajstić information content (AvgIpc) is 1.62. The molecule has 0 aliphatic heterocycles. The van der Waals surface area contributed by atoms with Gasteiger partial charge in [0.05, 0.1) is 0 Å². The van der Waals surface area contributed by atoms with Crippen LogP contribution >= 0.6 is 23.2 Å². The van der Waals surface area contributed by atoms with Crippen molar-refractivity contribution in [1.82, 2.24) is 0 Å². The summed E-state index contributed by atoms with van der Waals surface area (Å²) in [5.41, 5.74) is 0.279. The lowest BCUT2D eigenvalue weighted by atomic mass is 10.6. The summed E-state index contributed by atoms with van der Waals surface area (Å²) in [6, 6.07) is 0. The highest BCUT2D eigenvalue weighted by Crippen LogP contribution is 2.28. The number of halogens is 5. The Balaban J connectivity index is 4.03. The molecule has 0 aromatic rings. The van der Waals surface area contributed by atoms with Crippen LogP contribution in [0.15, 0.2) is 10.6 Å². The summed E-state index contributed by atoms with van der Waals surface area (Å²) in [6.45, 7) is 0. The summed E-state index contributed by atoms with van der Waals surface area (Å²) < 4.78 is 33.5. The molecule has 0 unspecified atom stereocenters. The second-order valence-corrected chi connectivity index (χ2v) is 1.58. The van der Waals surface area contributed by atoms with Gasteiger partial charge in [-0.3, -0.25) is 0 Å². The Morgan fingerprint density at radius 2 is 1.75 bits per heavy atom. The zero-order valence-corrected chi connectivity index (χ0v) is 4.98. The molecule has 0 amide bonds. The second kappa shape index (κ2) is 2.60. The lowest BCUT2D eigenvalue weighted by Crippen LogP contribution is -2.05. The lowest BCUT2D eigenvalue weighted by molar-refractivity contribution is -0.0843. The molecule has 0 aliphatic rings. The van der Waals surface area contributed by atoms with E-state index >= 15 is 0 Å². The van der Waals surface area contributed by atoms with Gasteiger partial charge in [0.2, 0.25) is 0 Å². The molecule has 0 saturated heterocycles. The molecule has 0 rings (SSSR count). The van der Waals surface area contributed by atoms with Gasteiger partial charge in [-0.25, -0.2) is 0 Å². The van der Waals surface area contributed by atoms with E-state index < -0.39 is 11.2 Å². The summed E-state index contributed by atoms with van der Waals surface area (Å²) in [5, 5.41) is -1.31. The number of allylic oxidation sites excluding steroid dienone is 1. The standard InChI is InChI=1S/C3HCl2F3/c4-1-2(5)3(6,7)8/h1H. The van der Waals surface area contributed by atoms with Gasteiger partial charge in [0.1, 0.15) is 5.03 Å². The Hall–Kier alpha value is 0.110. The third kappa shape index (κ3) is 2.43. The fourth-order valence-corrected chi connectivity index (χ4v) is 0.186. The number of rotatable bonds is 0. The smallest absolute Gasteiger partial charge is 0.165 e. The molecule has 0 atom stereocenters. The van der Waals surface area contributed by atoms with Crippen LogP contribution in [0.4, 0.5) is 13.2 Å². The molecule has 0 fully saturated rings. The molecule has 0 N–H and O–H groups in total. The van der Waals surface area contributed by atoms with E-state index in [0.717, 1.165) is 0 Å². The van der Waals surface area contributed by atoms with Crippen LogP contribution in [0.25, 0.3) is 0 Å². The van der Waals surface area contributed by atoms with E-state index in [1.54, 1.807) is 0 Å². The van der Waals surface area contributed by atoms with Crippen LogP contribution in [0.5, 0.6) is 0 Å². The Morgan fingerprint density at radius 3 is 1.75 bits per heavy atom. The predicted molar refractivity (Wildman–Crippen MR) is 25.8 cm³/mol. The summed E-state index contributed by atoms with van der Waals surface area (Å²) in [7, 11) is 0. The highest BCUT2D eigenvalue weighted by atomic mass is 35.5. The van der Waals surface area contributed by atoms with Crippen LogP contribution in [0.2, 0.25) is 0 Å². The highest BCUT2D eigenvalue weighted by molar-refractivity contribution is 6.37. The minimum atomic E-state index is -4.50. The van der Waals surface area contributed by atoms with E-state index in [2.05, 4.69) is 23.2 Å². The Bertz CT molecular complexity index is 104. The number of hydrogen-bond donors (Lipinski definition) is 0. The monoisotopic (exact) mass is 164 g/mol. The molecule has 0 heterocycles. The van der Waals surface area contributed by atoms with Crippen molar-refractivity contribution in [3.05, 3.63) is 10.6 Å². The van der Waals surface area contributed by atoms with Crippen molar-refractivity contribution in [3.8, 4) is 0 Å². The van der Waals surface area contributed by atoms with E-state index in [9.17, 15) is 13.2 Å².